The van der Waals surface area contributed by atoms with Crippen LogP contribution in [0.25, 0.3) is 0 Å². The van der Waals surface area contributed by atoms with Crippen molar-refractivity contribution >= 4 is 23.5 Å². The first-order chi connectivity index (χ1) is 7.25. The second-order valence-corrected chi connectivity index (χ2v) is 4.67. The second-order valence-electron chi connectivity index (χ2n) is 3.60. The molecule has 0 aliphatic carbocycles. The van der Waals surface area contributed by atoms with Crippen LogP contribution in [-0.2, 0) is 0 Å². The van der Waals surface area contributed by atoms with Crippen molar-refractivity contribution in [2.75, 3.05) is 23.5 Å². The summed E-state index contributed by atoms with van der Waals surface area (Å²) in [6, 6.07) is 7.85. The number of aryl methyl sites for hydroxylation is 1. The van der Waals surface area contributed by atoms with Crippen molar-refractivity contribution in [1.82, 2.24) is 4.90 Å². The number of carbonyl (C=O) groups is 1. The van der Waals surface area contributed by atoms with Crippen LogP contribution in [0.5, 0.6) is 0 Å². The van der Waals surface area contributed by atoms with E-state index in [1.54, 1.807) is 11.8 Å². The first-order valence-corrected chi connectivity index (χ1v) is 6.11. The molecule has 4 heteroatoms. The van der Waals surface area contributed by atoms with Gasteiger partial charge in [0.25, 0.3) is 0 Å². The van der Waals surface area contributed by atoms with Gasteiger partial charge in [-0.2, -0.15) is 0 Å². The summed E-state index contributed by atoms with van der Waals surface area (Å²) in [5.74, 6) is 1.85. The maximum Gasteiger partial charge on any atom is 0.322 e. The highest BCUT2D eigenvalue weighted by Crippen LogP contribution is 2.15. The van der Waals surface area contributed by atoms with Gasteiger partial charge < -0.3 is 10.2 Å². The van der Waals surface area contributed by atoms with E-state index in [9.17, 15) is 4.79 Å². The molecular weight excluding hydrogens is 208 g/mol. The molecule has 80 valence electrons. The van der Waals surface area contributed by atoms with Crippen LogP contribution in [0.3, 0.4) is 0 Å². The minimum Gasteiger partial charge on any atom is -0.314 e. The predicted octanol–water partition coefficient (Wildman–Crippen LogP) is 2.53. The Balaban J connectivity index is 1.96. The Morgan fingerprint density at radius 3 is 2.73 bits per heavy atom. The lowest BCUT2D eigenvalue weighted by Crippen LogP contribution is -2.32. The first kappa shape index (κ1) is 10.4. The lowest BCUT2D eigenvalue weighted by Gasteiger charge is -2.15. The van der Waals surface area contributed by atoms with Crippen molar-refractivity contribution in [1.29, 1.82) is 0 Å². The number of hydrogen-bond donors (Lipinski definition) is 1. The summed E-state index contributed by atoms with van der Waals surface area (Å²) in [4.78, 5) is 13.5. The molecule has 2 rings (SSSR count). The van der Waals surface area contributed by atoms with E-state index >= 15 is 0 Å². The number of anilines is 1. The Bertz CT molecular complexity index is 344. The third kappa shape index (κ3) is 2.65. The number of nitrogens with zero attached hydrogens (tertiary/aromatic N) is 1. The van der Waals surface area contributed by atoms with E-state index in [-0.39, 0.29) is 6.03 Å². The van der Waals surface area contributed by atoms with Crippen LogP contribution >= 0.6 is 11.8 Å². The van der Waals surface area contributed by atoms with Crippen molar-refractivity contribution in [3.05, 3.63) is 29.8 Å². The normalized spacial score (nSPS) is 15.4. The summed E-state index contributed by atoms with van der Waals surface area (Å²) in [6.45, 7) is 2.88. The van der Waals surface area contributed by atoms with Gasteiger partial charge in [-0.25, -0.2) is 4.79 Å². The van der Waals surface area contributed by atoms with Crippen LogP contribution < -0.4 is 5.32 Å². The summed E-state index contributed by atoms with van der Waals surface area (Å²) in [5, 5.41) is 2.88. The Hall–Kier alpha value is -1.16. The average molecular weight is 222 g/mol. The van der Waals surface area contributed by atoms with Gasteiger partial charge in [0.2, 0.25) is 0 Å². The number of carbonyl (C=O) groups excluding carboxylic acids is 1. The largest absolute Gasteiger partial charge is 0.322 e. The third-order valence-electron chi connectivity index (χ3n) is 2.34. The van der Waals surface area contributed by atoms with Crippen LogP contribution in [-0.4, -0.2) is 29.1 Å². The first-order valence-electron chi connectivity index (χ1n) is 4.96. The molecule has 2 amide bonds. The van der Waals surface area contributed by atoms with Gasteiger partial charge in [0.1, 0.15) is 0 Å². The van der Waals surface area contributed by atoms with E-state index in [2.05, 4.69) is 5.32 Å². The highest BCUT2D eigenvalue weighted by Gasteiger charge is 2.17. The number of rotatable bonds is 1. The highest BCUT2D eigenvalue weighted by molar-refractivity contribution is 7.99. The van der Waals surface area contributed by atoms with Crippen molar-refractivity contribution in [2.24, 2.45) is 0 Å². The number of nitrogens with one attached hydrogen (secondary N) is 1. The van der Waals surface area contributed by atoms with Crippen molar-refractivity contribution in [2.45, 2.75) is 6.92 Å². The number of hydrogen-bond acceptors (Lipinski definition) is 2. The fraction of sp³-hybridized carbons (Fsp3) is 0.364. The summed E-state index contributed by atoms with van der Waals surface area (Å²) in [6.07, 6.45) is 0. The lowest BCUT2D eigenvalue weighted by atomic mass is 10.2. The number of benzene rings is 1. The molecule has 0 saturated carbocycles. The van der Waals surface area contributed by atoms with E-state index in [1.807, 2.05) is 36.1 Å². The summed E-state index contributed by atoms with van der Waals surface area (Å²) >= 11 is 1.79. The van der Waals surface area contributed by atoms with Gasteiger partial charge in [-0.15, -0.1) is 11.8 Å². The number of thioether (sulfide) groups is 1. The molecule has 0 unspecified atom stereocenters. The Labute approximate surface area is 93.8 Å². The predicted molar refractivity (Wildman–Crippen MR) is 64.2 cm³/mol. The van der Waals surface area contributed by atoms with Gasteiger partial charge >= 0.3 is 6.03 Å². The lowest BCUT2D eigenvalue weighted by molar-refractivity contribution is 0.225. The molecule has 0 atom stereocenters. The Kier molecular flexibility index (Phi) is 3.16. The smallest absolute Gasteiger partial charge is 0.314 e. The van der Waals surface area contributed by atoms with E-state index in [1.165, 1.54) is 5.56 Å². The highest BCUT2D eigenvalue weighted by atomic mass is 32.2. The van der Waals surface area contributed by atoms with Crippen LogP contribution in [0.4, 0.5) is 10.5 Å². The van der Waals surface area contributed by atoms with Gasteiger partial charge in [-0.1, -0.05) is 17.7 Å². The maximum atomic E-state index is 11.7. The molecule has 1 N–H and O–H groups in total. The monoisotopic (exact) mass is 222 g/mol. The fourth-order valence-corrected chi connectivity index (χ4v) is 2.36. The fourth-order valence-electron chi connectivity index (χ4n) is 1.41. The van der Waals surface area contributed by atoms with Crippen LogP contribution in [0, 0.1) is 6.92 Å². The minimum atomic E-state index is 0.00357. The van der Waals surface area contributed by atoms with Crippen molar-refractivity contribution < 1.29 is 4.79 Å². The second kappa shape index (κ2) is 4.57. The summed E-state index contributed by atoms with van der Waals surface area (Å²) in [7, 11) is 0. The third-order valence-corrected chi connectivity index (χ3v) is 3.31. The maximum absolute atomic E-state index is 11.7. The minimum absolute atomic E-state index is 0.00357. The van der Waals surface area contributed by atoms with Crippen molar-refractivity contribution in [3.63, 3.8) is 0 Å². The molecule has 1 aromatic rings. The number of urea groups is 1. The van der Waals surface area contributed by atoms with E-state index in [0.717, 1.165) is 23.9 Å². The molecule has 0 aromatic heterocycles. The van der Waals surface area contributed by atoms with Gasteiger partial charge in [-0.05, 0) is 19.1 Å². The summed E-state index contributed by atoms with van der Waals surface area (Å²) < 4.78 is 0. The zero-order chi connectivity index (χ0) is 10.7. The van der Waals surface area contributed by atoms with Crippen LogP contribution in [0.2, 0.25) is 0 Å². The van der Waals surface area contributed by atoms with Gasteiger partial charge in [0.05, 0.1) is 5.88 Å². The van der Waals surface area contributed by atoms with Crippen molar-refractivity contribution in [3.8, 4) is 0 Å². The standard InChI is InChI=1S/C11H14N2OS/c1-9-2-4-10(5-3-9)12-11(14)13-6-7-15-8-13/h2-5H,6-8H2,1H3,(H,12,14). The summed E-state index contributed by atoms with van der Waals surface area (Å²) in [5.41, 5.74) is 2.06. The molecule has 0 spiro atoms. The molecular formula is C11H14N2OS. The Morgan fingerprint density at radius 2 is 2.13 bits per heavy atom. The SMILES string of the molecule is Cc1ccc(NC(=O)N2CCSC2)cc1. The Morgan fingerprint density at radius 1 is 1.40 bits per heavy atom. The van der Waals surface area contributed by atoms with Crippen LogP contribution in [0.15, 0.2) is 24.3 Å². The topological polar surface area (TPSA) is 32.3 Å². The molecule has 1 aliphatic rings. The molecule has 1 saturated heterocycles. The zero-order valence-electron chi connectivity index (χ0n) is 8.69. The molecule has 1 heterocycles. The van der Waals surface area contributed by atoms with Gasteiger partial charge in [-0.3, -0.25) is 0 Å². The van der Waals surface area contributed by atoms with E-state index in [0.29, 0.717) is 0 Å². The molecule has 0 bridgehead atoms. The van der Waals surface area contributed by atoms with Gasteiger partial charge in [0, 0.05) is 18.0 Å². The molecule has 3 nitrogen and oxygen atoms in total. The molecule has 15 heavy (non-hydrogen) atoms. The molecule has 1 aliphatic heterocycles. The van der Waals surface area contributed by atoms with Gasteiger partial charge in [0.15, 0.2) is 0 Å². The zero-order valence-corrected chi connectivity index (χ0v) is 9.51. The molecule has 1 fully saturated rings. The molecule has 0 radical (unpaired) electrons. The number of amides is 2. The molecule has 1 aromatic carbocycles. The van der Waals surface area contributed by atoms with E-state index in [4.69, 9.17) is 0 Å². The van der Waals surface area contributed by atoms with Crippen LogP contribution in [0.1, 0.15) is 5.56 Å². The quantitative estimate of drug-likeness (QED) is 0.792. The average Bonchev–Trinajstić information content (AvgIpc) is 2.74. The van der Waals surface area contributed by atoms with E-state index < -0.39 is 0 Å².